The average Bonchev–Trinajstić information content (AvgIpc) is 4.10. The second-order valence-corrected chi connectivity index (χ2v) is 17.5. The molecular weight excluding hydrogens is 785 g/mol. The first-order chi connectivity index (χ1) is 29.6. The fourth-order valence-corrected chi connectivity index (χ4v) is 8.02. The molecule has 0 radical (unpaired) electrons. The molecule has 0 unspecified atom stereocenters. The molecule has 4 N–H and O–H groups in total. The standard InChI is InChI=1S/C48H58N8O6/c1-29(2)40(53-46(59)61-8)44(57)55-23-13-19-38(55)42-49-27-35(51-42)18-11-10-15-31-21-22-33(26-36(31)32-16-12-17-34(25-32)48(5,6)7)37-28-50-43(52-37)39-20-14-24-56(39)45(58)41(30(3)4)54-47(60)62-9/h12,16-17,21-22,25-30,38-41H,13-14,19-20,23-24H2,1-9H3,(H,49,51)(H,50,52)(H,53,59)(H,54,60)/t38-,39-,40-,41-/m0/s1. The maximum Gasteiger partial charge on any atom is 0.407 e. The first-order valence-corrected chi connectivity index (χ1v) is 21.3. The van der Waals surface area contributed by atoms with Crippen LogP contribution >= 0.6 is 0 Å². The minimum Gasteiger partial charge on any atom is -0.453 e. The van der Waals surface area contributed by atoms with Gasteiger partial charge in [-0.3, -0.25) is 9.59 Å². The molecule has 14 nitrogen and oxygen atoms in total. The zero-order chi connectivity index (χ0) is 44.7. The lowest BCUT2D eigenvalue weighted by Gasteiger charge is -2.30. The first-order valence-electron chi connectivity index (χ1n) is 21.3. The van der Waals surface area contributed by atoms with Gasteiger partial charge in [0.15, 0.2) is 0 Å². The van der Waals surface area contributed by atoms with E-state index >= 15 is 0 Å². The van der Waals surface area contributed by atoms with Crippen molar-refractivity contribution >= 4 is 24.0 Å². The molecule has 14 heteroatoms. The number of nitrogens with one attached hydrogen (secondary N) is 4. The van der Waals surface area contributed by atoms with Gasteiger partial charge in [-0.15, -0.1) is 0 Å². The van der Waals surface area contributed by atoms with E-state index in [0.29, 0.717) is 30.4 Å². The van der Waals surface area contributed by atoms with Gasteiger partial charge in [0.1, 0.15) is 29.4 Å². The maximum absolute atomic E-state index is 13.7. The van der Waals surface area contributed by atoms with Crippen LogP contribution < -0.4 is 10.6 Å². The molecule has 4 aromatic rings. The average molecular weight is 843 g/mol. The Morgan fingerprint density at radius 2 is 1.31 bits per heavy atom. The number of H-pyrrole nitrogens is 2. The third kappa shape index (κ3) is 10.3. The minimum absolute atomic E-state index is 0.0728. The Bertz CT molecular complexity index is 2400. The minimum atomic E-state index is -0.721. The van der Waals surface area contributed by atoms with Gasteiger partial charge in [-0.2, -0.15) is 0 Å². The van der Waals surface area contributed by atoms with E-state index in [9.17, 15) is 19.2 Å². The van der Waals surface area contributed by atoms with Crippen molar-refractivity contribution < 1.29 is 28.7 Å². The number of methoxy groups -OCH3 is 2. The van der Waals surface area contributed by atoms with Gasteiger partial charge in [-0.1, -0.05) is 84.7 Å². The second-order valence-electron chi connectivity index (χ2n) is 17.5. The Hall–Kier alpha value is -6.54. The molecule has 2 fully saturated rings. The number of amides is 4. The molecule has 0 spiro atoms. The molecule has 2 saturated heterocycles. The highest BCUT2D eigenvalue weighted by Gasteiger charge is 2.39. The van der Waals surface area contributed by atoms with Crippen molar-refractivity contribution in [2.75, 3.05) is 27.3 Å². The number of hydrogen-bond donors (Lipinski definition) is 4. The lowest BCUT2D eigenvalue weighted by Crippen LogP contribution is -2.51. The van der Waals surface area contributed by atoms with E-state index in [1.165, 1.54) is 19.8 Å². The molecule has 326 valence electrons. The molecule has 2 aliphatic rings. The van der Waals surface area contributed by atoms with Gasteiger partial charge in [0.05, 0.1) is 44.4 Å². The van der Waals surface area contributed by atoms with E-state index in [1.807, 2.05) is 39.8 Å². The zero-order valence-electron chi connectivity index (χ0n) is 37.1. The SMILES string of the molecule is COC(=O)N[C@H](C(=O)N1CCC[C@H]1c1ncc(C#CC#Cc2ccc(-c3cnc([C@@H]4CCCN4C(=O)[C@@H](NC(=O)OC)C(C)C)[nH]3)cc2-c2cccc(C(C)(C)C)c2)[nH]1)C(C)C. The van der Waals surface area contributed by atoms with Crippen molar-refractivity contribution in [3.63, 3.8) is 0 Å². The molecular formula is C48H58N8O6. The predicted octanol–water partition coefficient (Wildman–Crippen LogP) is 7.26. The van der Waals surface area contributed by atoms with Crippen molar-refractivity contribution in [2.45, 2.75) is 104 Å². The largest absolute Gasteiger partial charge is 0.453 e. The topological polar surface area (TPSA) is 175 Å². The van der Waals surface area contributed by atoms with Gasteiger partial charge in [-0.25, -0.2) is 19.6 Å². The first kappa shape index (κ1) is 45.0. The number of nitrogens with zero attached hydrogens (tertiary/aromatic N) is 4. The fourth-order valence-electron chi connectivity index (χ4n) is 8.02. The number of likely N-dealkylation sites (tertiary alicyclic amines) is 2. The Morgan fingerprint density at radius 3 is 1.87 bits per heavy atom. The van der Waals surface area contributed by atoms with Crippen LogP contribution in [0.25, 0.3) is 22.4 Å². The van der Waals surface area contributed by atoms with Crippen LogP contribution in [0.15, 0.2) is 54.9 Å². The lowest BCUT2D eigenvalue weighted by molar-refractivity contribution is -0.136. The number of carbonyl (C=O) groups is 4. The van der Waals surface area contributed by atoms with Crippen LogP contribution in [0.5, 0.6) is 0 Å². The number of aromatic nitrogens is 4. The molecule has 2 aliphatic heterocycles. The van der Waals surface area contributed by atoms with E-state index < -0.39 is 24.3 Å². The highest BCUT2D eigenvalue weighted by atomic mass is 16.5. The molecule has 6 rings (SSSR count). The molecule has 0 saturated carbocycles. The van der Waals surface area contributed by atoms with Crippen molar-refractivity contribution in [3.05, 3.63) is 83.3 Å². The summed E-state index contributed by atoms with van der Waals surface area (Å²) in [6, 6.07) is 12.6. The summed E-state index contributed by atoms with van der Waals surface area (Å²) in [5.74, 6) is 13.1. The zero-order valence-corrected chi connectivity index (χ0v) is 37.1. The van der Waals surface area contributed by atoms with Crippen molar-refractivity contribution in [1.29, 1.82) is 0 Å². The molecule has 2 aromatic heterocycles. The number of carbonyl (C=O) groups excluding carboxylic acids is 4. The van der Waals surface area contributed by atoms with Gasteiger partial charge >= 0.3 is 12.2 Å². The van der Waals surface area contributed by atoms with Crippen LogP contribution in [-0.2, 0) is 24.5 Å². The van der Waals surface area contributed by atoms with Crippen LogP contribution in [0.3, 0.4) is 0 Å². The van der Waals surface area contributed by atoms with Crippen LogP contribution in [0, 0.1) is 35.5 Å². The summed E-state index contributed by atoms with van der Waals surface area (Å²) in [4.78, 5) is 71.1. The number of imidazole rings is 2. The summed E-state index contributed by atoms with van der Waals surface area (Å²) in [6.45, 7) is 15.2. The van der Waals surface area contributed by atoms with Gasteiger partial charge in [0.25, 0.3) is 0 Å². The highest BCUT2D eigenvalue weighted by Crippen LogP contribution is 2.36. The molecule has 2 aromatic carbocycles. The van der Waals surface area contributed by atoms with Crippen molar-refractivity contribution in [1.82, 2.24) is 40.4 Å². The highest BCUT2D eigenvalue weighted by molar-refractivity contribution is 5.87. The summed E-state index contributed by atoms with van der Waals surface area (Å²) < 4.78 is 9.55. The molecule has 4 heterocycles. The Balaban J connectivity index is 1.25. The number of rotatable bonds is 10. The van der Waals surface area contributed by atoms with Crippen LogP contribution in [0.4, 0.5) is 9.59 Å². The summed E-state index contributed by atoms with van der Waals surface area (Å²) in [5.41, 5.74) is 6.14. The van der Waals surface area contributed by atoms with E-state index in [-0.39, 0.29) is 41.1 Å². The maximum atomic E-state index is 13.7. The molecule has 4 atom stereocenters. The van der Waals surface area contributed by atoms with Gasteiger partial charge in [0.2, 0.25) is 11.8 Å². The normalized spacial score (nSPS) is 17.1. The van der Waals surface area contributed by atoms with Crippen LogP contribution in [0.1, 0.15) is 115 Å². The smallest absolute Gasteiger partial charge is 0.407 e. The van der Waals surface area contributed by atoms with Crippen molar-refractivity contribution in [2.24, 2.45) is 11.8 Å². The van der Waals surface area contributed by atoms with E-state index in [4.69, 9.17) is 14.5 Å². The van der Waals surface area contributed by atoms with Gasteiger partial charge < -0.3 is 39.9 Å². The summed E-state index contributed by atoms with van der Waals surface area (Å²) in [7, 11) is 2.56. The summed E-state index contributed by atoms with van der Waals surface area (Å²) in [6.07, 6.45) is 5.27. The third-order valence-corrected chi connectivity index (χ3v) is 11.5. The molecule has 4 amide bonds. The predicted molar refractivity (Wildman–Crippen MR) is 236 cm³/mol. The number of alkyl carbamates (subject to hydrolysis) is 2. The Kier molecular flexibility index (Phi) is 14.1. The number of hydrogen-bond acceptors (Lipinski definition) is 8. The number of aromatic amines is 2. The van der Waals surface area contributed by atoms with Crippen molar-refractivity contribution in [3.8, 4) is 46.1 Å². The Labute approximate surface area is 364 Å². The summed E-state index contributed by atoms with van der Waals surface area (Å²) >= 11 is 0. The quantitative estimate of drug-likeness (QED) is 0.121. The molecule has 0 aliphatic carbocycles. The monoisotopic (exact) mass is 842 g/mol. The second kappa shape index (κ2) is 19.4. The van der Waals surface area contributed by atoms with E-state index in [0.717, 1.165) is 53.6 Å². The van der Waals surface area contributed by atoms with Crippen LogP contribution in [-0.4, -0.2) is 93.1 Å². The number of ether oxygens (including phenoxy) is 2. The number of benzene rings is 2. The summed E-state index contributed by atoms with van der Waals surface area (Å²) in [5, 5.41) is 5.39. The van der Waals surface area contributed by atoms with Gasteiger partial charge in [-0.05, 0) is 89.5 Å². The fraction of sp³-hybridized carbons (Fsp3) is 0.458. The third-order valence-electron chi connectivity index (χ3n) is 11.5. The molecule has 0 bridgehead atoms. The van der Waals surface area contributed by atoms with E-state index in [2.05, 4.69) is 100 Å². The van der Waals surface area contributed by atoms with Gasteiger partial charge in [0, 0.05) is 24.2 Å². The van der Waals surface area contributed by atoms with Crippen LogP contribution in [0.2, 0.25) is 0 Å². The molecule has 62 heavy (non-hydrogen) atoms. The lowest BCUT2D eigenvalue weighted by atomic mass is 9.85. The van der Waals surface area contributed by atoms with E-state index in [1.54, 1.807) is 22.2 Å². The Morgan fingerprint density at radius 1 is 0.742 bits per heavy atom.